The predicted octanol–water partition coefficient (Wildman–Crippen LogP) is -3.08. The van der Waals surface area contributed by atoms with Crippen LogP contribution in [0, 0.1) is 5.92 Å². The number of carboxylic acid groups (broad SMARTS) is 1. The van der Waals surface area contributed by atoms with Crippen LogP contribution in [-0.2, 0) is 9.59 Å². The van der Waals surface area contributed by atoms with Gasteiger partial charge in [0, 0.05) is 0 Å². The maximum Gasteiger partial charge on any atom is 3.00 e. The van der Waals surface area contributed by atoms with Crippen molar-refractivity contribution < 1.29 is 24.9 Å². The molecule has 0 saturated carbocycles. The molecule has 6 heteroatoms. The van der Waals surface area contributed by atoms with Gasteiger partial charge in [-0.25, -0.2) is 0 Å². The van der Waals surface area contributed by atoms with Gasteiger partial charge in [-0.05, 0) is 13.3 Å². The fourth-order valence-electron chi connectivity index (χ4n) is 0.620. The van der Waals surface area contributed by atoms with E-state index in [1.165, 1.54) is 6.92 Å². The molecule has 0 fully saturated rings. The number of hydrogen-bond acceptors (Lipinski definition) is 5. The van der Waals surface area contributed by atoms with E-state index >= 15 is 0 Å². The molecule has 0 bridgehead atoms. The fourth-order valence-corrected chi connectivity index (χ4v) is 0.620. The summed E-state index contributed by atoms with van der Waals surface area (Å²) in [5.74, 6) is -2.52. The molecule has 0 aliphatic carbocycles. The Morgan fingerprint density at radius 1 is 1.14 bits per heavy atom. The minimum absolute atomic E-state index is 0. The van der Waals surface area contributed by atoms with Crippen LogP contribution in [0.1, 0.15) is 20.3 Å². The Morgan fingerprint density at radius 2 is 1.43 bits per heavy atom. The second-order valence-corrected chi connectivity index (χ2v) is 1.89. The van der Waals surface area contributed by atoms with Gasteiger partial charge in [0.2, 0.25) is 0 Å². The first-order chi connectivity index (χ1) is 6.09. The molecule has 5 nitrogen and oxygen atoms in total. The van der Waals surface area contributed by atoms with Crippen molar-refractivity contribution in [1.82, 2.24) is 0 Å². The average molecular weight is 218 g/mol. The third-order valence-corrected chi connectivity index (χ3v) is 1.18. The van der Waals surface area contributed by atoms with Crippen LogP contribution in [0.3, 0.4) is 0 Å². The van der Waals surface area contributed by atoms with Crippen molar-refractivity contribution in [2.75, 3.05) is 14.2 Å². The number of Topliss-reactive ketones (excluding diaryl/α,β-unsaturated/α-hetero) is 1. The van der Waals surface area contributed by atoms with Crippen molar-refractivity contribution in [2.45, 2.75) is 20.3 Å². The molecule has 0 rings (SSSR count). The van der Waals surface area contributed by atoms with Crippen LogP contribution in [0.15, 0.2) is 0 Å². The summed E-state index contributed by atoms with van der Waals surface area (Å²) in [4.78, 5) is 20.4. The third kappa shape index (κ3) is 14.1. The number of carbonyl (C=O) groups excluding carboxylic acids is 2. The zero-order valence-corrected chi connectivity index (χ0v) is 10.1. The van der Waals surface area contributed by atoms with Crippen LogP contribution in [0.2, 0.25) is 0 Å². The van der Waals surface area contributed by atoms with Crippen LogP contribution in [0.4, 0.5) is 0 Å². The smallest absolute Gasteiger partial charge is 0.857 e. The van der Waals surface area contributed by atoms with Gasteiger partial charge in [0.05, 0.1) is 11.9 Å². The van der Waals surface area contributed by atoms with E-state index in [2.05, 4.69) is 0 Å². The van der Waals surface area contributed by atoms with Crippen molar-refractivity contribution in [3.05, 3.63) is 0 Å². The van der Waals surface area contributed by atoms with Gasteiger partial charge in [0.25, 0.3) is 0 Å². The first kappa shape index (κ1) is 23.4. The van der Waals surface area contributed by atoms with Crippen molar-refractivity contribution in [3.8, 4) is 0 Å². The number of aliphatic carboxylic acids is 1. The summed E-state index contributed by atoms with van der Waals surface area (Å²) < 4.78 is 0. The van der Waals surface area contributed by atoms with Crippen LogP contribution in [0.5, 0.6) is 0 Å². The molecule has 0 aliphatic rings. The molecule has 1 unspecified atom stereocenters. The number of rotatable bonds is 3. The summed E-state index contributed by atoms with van der Waals surface area (Å²) in [7, 11) is 1.50. The van der Waals surface area contributed by atoms with Gasteiger partial charge < -0.3 is 20.1 Å². The van der Waals surface area contributed by atoms with Gasteiger partial charge in [-0.3, -0.25) is 4.79 Å². The number of hydrogen-bond donors (Lipinski definition) is 0. The second kappa shape index (κ2) is 18.4. The summed E-state index contributed by atoms with van der Waals surface area (Å²) in [6.07, 6.45) is 0.317. The maximum atomic E-state index is 10.4. The molecular formula is C8H15AlO5. The van der Waals surface area contributed by atoms with Crippen LogP contribution in [0.25, 0.3) is 0 Å². The molecule has 0 heterocycles. The van der Waals surface area contributed by atoms with Crippen molar-refractivity contribution in [3.63, 3.8) is 0 Å². The van der Waals surface area contributed by atoms with E-state index < -0.39 is 11.9 Å². The van der Waals surface area contributed by atoms with E-state index in [0.717, 1.165) is 14.2 Å². The van der Waals surface area contributed by atoms with Crippen molar-refractivity contribution >= 4 is 29.1 Å². The largest absolute Gasteiger partial charge is 3.00 e. The quantitative estimate of drug-likeness (QED) is 0.369. The standard InChI is InChI=1S/C6H10O3.2CH3O.Al/c1-3-5(4(2)7)6(8)9;2*1-2;/h5H,3H2,1-2H3,(H,8,9);2*1H3;/q;2*-1;+3/p-1. The molecule has 0 spiro atoms. The zero-order chi connectivity index (χ0) is 11.4. The molecule has 14 heavy (non-hydrogen) atoms. The molecule has 0 aromatic heterocycles. The SMILES string of the molecule is CCC(C(C)=O)C(=O)[O-].C[O-].C[O-].[Al+3]. The van der Waals surface area contributed by atoms with Crippen LogP contribution >= 0.6 is 0 Å². The molecule has 0 aliphatic heterocycles. The number of ketones is 1. The molecule has 0 aromatic rings. The van der Waals surface area contributed by atoms with E-state index in [4.69, 9.17) is 10.2 Å². The van der Waals surface area contributed by atoms with Gasteiger partial charge in [0.15, 0.2) is 0 Å². The fraction of sp³-hybridized carbons (Fsp3) is 0.750. The molecule has 80 valence electrons. The second-order valence-electron chi connectivity index (χ2n) is 1.89. The third-order valence-electron chi connectivity index (χ3n) is 1.18. The predicted molar refractivity (Wildman–Crippen MR) is 47.1 cm³/mol. The maximum absolute atomic E-state index is 10.4. The molecular weight excluding hydrogens is 203 g/mol. The van der Waals surface area contributed by atoms with Gasteiger partial charge in [-0.2, -0.15) is 14.2 Å². The monoisotopic (exact) mass is 218 g/mol. The molecule has 0 radical (unpaired) electrons. The Bertz CT molecular complexity index is 124. The Balaban J connectivity index is -0.0000000883. The van der Waals surface area contributed by atoms with E-state index in [1.54, 1.807) is 6.92 Å². The van der Waals surface area contributed by atoms with E-state index in [0.29, 0.717) is 6.42 Å². The normalized spacial score (nSPS) is 9.00. The molecule has 0 amide bonds. The van der Waals surface area contributed by atoms with Crippen molar-refractivity contribution in [2.24, 2.45) is 5.92 Å². The minimum atomic E-state index is -1.27. The summed E-state index contributed by atoms with van der Waals surface area (Å²) in [5.41, 5.74) is 0. The van der Waals surface area contributed by atoms with E-state index in [-0.39, 0.29) is 23.1 Å². The Hall–Kier alpha value is -0.408. The van der Waals surface area contributed by atoms with Gasteiger partial charge in [-0.15, -0.1) is 0 Å². The molecule has 0 N–H and O–H groups in total. The van der Waals surface area contributed by atoms with Crippen molar-refractivity contribution in [1.29, 1.82) is 0 Å². The summed E-state index contributed by atoms with van der Waals surface area (Å²) >= 11 is 0. The zero-order valence-electron chi connectivity index (χ0n) is 8.90. The Labute approximate surface area is 94.9 Å². The molecule has 0 aromatic carbocycles. The number of carbonyl (C=O) groups is 2. The summed E-state index contributed by atoms with van der Waals surface area (Å²) in [6, 6.07) is 0. The molecule has 1 atom stereocenters. The Morgan fingerprint density at radius 3 is 1.43 bits per heavy atom. The minimum Gasteiger partial charge on any atom is -0.857 e. The van der Waals surface area contributed by atoms with Crippen LogP contribution in [-0.4, -0.2) is 43.3 Å². The summed E-state index contributed by atoms with van der Waals surface area (Å²) in [5, 5.41) is 26.5. The number of carboxylic acids is 1. The van der Waals surface area contributed by atoms with E-state index in [1.807, 2.05) is 0 Å². The average Bonchev–Trinajstić information content (AvgIpc) is 2.11. The molecule has 0 saturated heterocycles. The van der Waals surface area contributed by atoms with Gasteiger partial charge in [-0.1, -0.05) is 6.92 Å². The Kier molecular flexibility index (Phi) is 30.8. The summed E-state index contributed by atoms with van der Waals surface area (Å²) in [6.45, 7) is 2.89. The first-order valence-electron chi connectivity index (χ1n) is 3.62. The van der Waals surface area contributed by atoms with E-state index in [9.17, 15) is 14.7 Å². The first-order valence-corrected chi connectivity index (χ1v) is 3.62. The van der Waals surface area contributed by atoms with Gasteiger partial charge in [0.1, 0.15) is 5.78 Å². The van der Waals surface area contributed by atoms with Gasteiger partial charge >= 0.3 is 17.4 Å². The van der Waals surface area contributed by atoms with Crippen LogP contribution < -0.4 is 15.3 Å². The topological polar surface area (TPSA) is 103 Å².